The van der Waals surface area contributed by atoms with Gasteiger partial charge in [0, 0.05) is 35.4 Å². The lowest BCUT2D eigenvalue weighted by molar-refractivity contribution is 0.105. The maximum atomic E-state index is 9.27. The van der Waals surface area contributed by atoms with Gasteiger partial charge in [0.1, 0.15) is 0 Å². The number of nitrogens with one attached hydrogen (secondary N) is 1. The Labute approximate surface area is 93.6 Å². The minimum absolute atomic E-state index is 0.237. The van der Waals surface area contributed by atoms with Crippen LogP contribution in [0.4, 0.5) is 5.69 Å². The molecule has 1 atom stereocenters. The van der Waals surface area contributed by atoms with Crippen molar-refractivity contribution >= 4 is 16.5 Å². The van der Waals surface area contributed by atoms with Crippen LogP contribution in [0.2, 0.25) is 0 Å². The normalized spacial score (nSPS) is 12.6. The fraction of sp³-hybridized carbons (Fsp3) is 0.250. The quantitative estimate of drug-likeness (QED) is 0.716. The first-order valence-electron chi connectivity index (χ1n) is 5.17. The largest absolute Gasteiger partial charge is 0.394 e. The summed E-state index contributed by atoms with van der Waals surface area (Å²) in [5.74, 6) is 0. The number of hydrogen-bond acceptors (Lipinski definition) is 4. The fourth-order valence-electron chi connectivity index (χ4n) is 1.57. The van der Waals surface area contributed by atoms with Gasteiger partial charge in [0.15, 0.2) is 0 Å². The molecule has 2 rings (SSSR count). The third-order valence-corrected chi connectivity index (χ3v) is 2.42. The molecule has 0 aliphatic heterocycles. The fourth-order valence-corrected chi connectivity index (χ4v) is 1.57. The van der Waals surface area contributed by atoms with E-state index >= 15 is 0 Å². The molecule has 0 spiro atoms. The van der Waals surface area contributed by atoms with Gasteiger partial charge in [-0.2, -0.15) is 0 Å². The summed E-state index contributed by atoms with van der Waals surface area (Å²) < 4.78 is 0. The van der Waals surface area contributed by atoms with Gasteiger partial charge in [-0.3, -0.25) is 4.98 Å². The number of aliphatic hydroxyl groups excluding tert-OH is 2. The highest BCUT2D eigenvalue weighted by Crippen LogP contribution is 2.21. The number of aromatic nitrogens is 1. The lowest BCUT2D eigenvalue weighted by atomic mass is 10.1. The number of benzene rings is 1. The van der Waals surface area contributed by atoms with E-state index in [-0.39, 0.29) is 6.61 Å². The summed E-state index contributed by atoms with van der Waals surface area (Å²) in [6.07, 6.45) is 2.79. The molecule has 2 aromatic rings. The highest BCUT2D eigenvalue weighted by Gasteiger charge is 2.03. The van der Waals surface area contributed by atoms with E-state index in [0.717, 1.165) is 16.5 Å². The Morgan fingerprint density at radius 1 is 1.31 bits per heavy atom. The van der Waals surface area contributed by atoms with Crippen molar-refractivity contribution in [2.24, 2.45) is 0 Å². The molecule has 0 radical (unpaired) electrons. The van der Waals surface area contributed by atoms with Gasteiger partial charge in [-0.1, -0.05) is 12.1 Å². The second-order valence-corrected chi connectivity index (χ2v) is 3.62. The molecule has 1 heterocycles. The number of hydrogen-bond donors (Lipinski definition) is 3. The molecule has 4 heteroatoms. The van der Waals surface area contributed by atoms with Crippen molar-refractivity contribution in [1.82, 2.24) is 4.98 Å². The molecule has 1 aromatic heterocycles. The van der Waals surface area contributed by atoms with Crippen LogP contribution >= 0.6 is 0 Å². The van der Waals surface area contributed by atoms with E-state index in [4.69, 9.17) is 5.11 Å². The minimum atomic E-state index is -0.739. The minimum Gasteiger partial charge on any atom is -0.394 e. The Morgan fingerprint density at radius 2 is 2.19 bits per heavy atom. The smallest absolute Gasteiger partial charge is 0.0942 e. The molecule has 1 unspecified atom stereocenters. The third kappa shape index (κ3) is 2.29. The maximum absolute atomic E-state index is 9.27. The summed E-state index contributed by atoms with van der Waals surface area (Å²) >= 11 is 0. The van der Waals surface area contributed by atoms with Crippen LogP contribution in [0.5, 0.6) is 0 Å². The van der Waals surface area contributed by atoms with E-state index in [1.165, 1.54) is 0 Å². The van der Waals surface area contributed by atoms with Gasteiger partial charge >= 0.3 is 0 Å². The van der Waals surface area contributed by atoms with E-state index < -0.39 is 6.10 Å². The number of rotatable bonds is 4. The van der Waals surface area contributed by atoms with Gasteiger partial charge in [-0.25, -0.2) is 0 Å². The third-order valence-electron chi connectivity index (χ3n) is 2.42. The number of fused-ring (bicyclic) bond motifs is 1. The highest BCUT2D eigenvalue weighted by atomic mass is 16.3. The summed E-state index contributed by atoms with van der Waals surface area (Å²) in [5.41, 5.74) is 0.937. The lowest BCUT2D eigenvalue weighted by Gasteiger charge is -2.12. The van der Waals surface area contributed by atoms with E-state index in [1.807, 2.05) is 24.3 Å². The first kappa shape index (κ1) is 10.9. The Balaban J connectivity index is 2.23. The van der Waals surface area contributed by atoms with Crippen LogP contribution < -0.4 is 5.32 Å². The summed E-state index contributed by atoms with van der Waals surface area (Å²) in [7, 11) is 0. The molecule has 0 fully saturated rings. The number of pyridine rings is 1. The zero-order valence-corrected chi connectivity index (χ0v) is 8.80. The number of nitrogens with zero attached hydrogens (tertiary/aromatic N) is 1. The predicted octanol–water partition coefficient (Wildman–Crippen LogP) is 1.000. The van der Waals surface area contributed by atoms with Crippen LogP contribution in [0.25, 0.3) is 10.8 Å². The van der Waals surface area contributed by atoms with Gasteiger partial charge in [0.25, 0.3) is 0 Å². The summed E-state index contributed by atoms with van der Waals surface area (Å²) in [6.45, 7) is 0.0945. The first-order valence-corrected chi connectivity index (χ1v) is 5.17. The molecule has 0 saturated carbocycles. The molecule has 84 valence electrons. The van der Waals surface area contributed by atoms with Crippen molar-refractivity contribution in [2.45, 2.75) is 6.10 Å². The SMILES string of the molecule is OCC(O)CNc1cccc2cnccc12. The van der Waals surface area contributed by atoms with Gasteiger partial charge in [0.2, 0.25) is 0 Å². The lowest BCUT2D eigenvalue weighted by Crippen LogP contribution is -2.22. The molecule has 0 saturated heterocycles. The molecule has 0 aliphatic carbocycles. The van der Waals surface area contributed by atoms with Gasteiger partial charge in [0.05, 0.1) is 12.7 Å². The average Bonchev–Trinajstić information content (AvgIpc) is 2.35. The van der Waals surface area contributed by atoms with Crippen molar-refractivity contribution in [3.05, 3.63) is 36.7 Å². The molecular formula is C12H14N2O2. The van der Waals surface area contributed by atoms with Crippen molar-refractivity contribution < 1.29 is 10.2 Å². The van der Waals surface area contributed by atoms with Crippen LogP contribution in [-0.2, 0) is 0 Å². The monoisotopic (exact) mass is 218 g/mol. The van der Waals surface area contributed by atoms with Crippen molar-refractivity contribution in [3.8, 4) is 0 Å². The Bertz CT molecular complexity index is 468. The van der Waals surface area contributed by atoms with Gasteiger partial charge < -0.3 is 15.5 Å². The summed E-state index contributed by atoms with van der Waals surface area (Å²) in [5, 5.41) is 23.2. The maximum Gasteiger partial charge on any atom is 0.0942 e. The van der Waals surface area contributed by atoms with Crippen LogP contribution in [0, 0.1) is 0 Å². The molecule has 0 bridgehead atoms. The molecular weight excluding hydrogens is 204 g/mol. The molecule has 3 N–H and O–H groups in total. The Morgan fingerprint density at radius 3 is 3.00 bits per heavy atom. The zero-order valence-electron chi connectivity index (χ0n) is 8.80. The summed E-state index contributed by atoms with van der Waals surface area (Å²) in [4.78, 5) is 4.05. The molecule has 16 heavy (non-hydrogen) atoms. The van der Waals surface area contributed by atoms with E-state index in [2.05, 4.69) is 10.3 Å². The van der Waals surface area contributed by atoms with Crippen LogP contribution in [-0.4, -0.2) is 34.5 Å². The Hall–Kier alpha value is -1.65. The van der Waals surface area contributed by atoms with Crippen molar-refractivity contribution in [2.75, 3.05) is 18.5 Å². The molecule has 0 amide bonds. The van der Waals surface area contributed by atoms with Crippen molar-refractivity contribution in [1.29, 1.82) is 0 Å². The molecule has 0 aliphatic rings. The van der Waals surface area contributed by atoms with E-state index in [9.17, 15) is 5.11 Å². The average molecular weight is 218 g/mol. The first-order chi connectivity index (χ1) is 7.81. The van der Waals surface area contributed by atoms with E-state index in [1.54, 1.807) is 12.4 Å². The van der Waals surface area contributed by atoms with E-state index in [0.29, 0.717) is 6.54 Å². The predicted molar refractivity (Wildman–Crippen MR) is 63.3 cm³/mol. The Kier molecular flexibility index (Phi) is 3.34. The standard InChI is InChI=1S/C12H14N2O2/c15-8-10(16)7-14-12-3-1-2-9-6-13-5-4-11(9)12/h1-6,10,14-16H,7-8H2. The molecule has 4 nitrogen and oxygen atoms in total. The number of aliphatic hydroxyl groups is 2. The zero-order chi connectivity index (χ0) is 11.4. The second kappa shape index (κ2) is 4.92. The van der Waals surface area contributed by atoms with Gasteiger partial charge in [-0.05, 0) is 12.1 Å². The van der Waals surface area contributed by atoms with Crippen molar-refractivity contribution in [3.63, 3.8) is 0 Å². The second-order valence-electron chi connectivity index (χ2n) is 3.62. The highest BCUT2D eigenvalue weighted by molar-refractivity contribution is 5.93. The van der Waals surface area contributed by atoms with Crippen LogP contribution in [0.1, 0.15) is 0 Å². The topological polar surface area (TPSA) is 65.4 Å². The molecule has 1 aromatic carbocycles. The summed E-state index contributed by atoms with van der Waals surface area (Å²) in [6, 6.07) is 7.77. The number of anilines is 1. The van der Waals surface area contributed by atoms with Crippen LogP contribution in [0.3, 0.4) is 0 Å². The van der Waals surface area contributed by atoms with Gasteiger partial charge in [-0.15, -0.1) is 0 Å². The van der Waals surface area contributed by atoms with Crippen LogP contribution in [0.15, 0.2) is 36.7 Å².